The average molecular weight is 291 g/mol. The van der Waals surface area contributed by atoms with Crippen LogP contribution in [0.1, 0.15) is 26.7 Å². The first-order chi connectivity index (χ1) is 8.80. The molecule has 1 aliphatic heterocycles. The van der Waals surface area contributed by atoms with E-state index in [-0.39, 0.29) is 0 Å². The molecule has 0 radical (unpaired) electrons. The van der Waals surface area contributed by atoms with Gasteiger partial charge in [-0.25, -0.2) is 12.7 Å². The first kappa shape index (κ1) is 16.9. The zero-order chi connectivity index (χ0) is 14.5. The van der Waals surface area contributed by atoms with Crippen molar-refractivity contribution in [2.24, 2.45) is 5.92 Å². The van der Waals surface area contributed by atoms with Gasteiger partial charge < -0.3 is 10.2 Å². The quantitative estimate of drug-likeness (QED) is 0.698. The van der Waals surface area contributed by atoms with Gasteiger partial charge in [0.25, 0.3) is 0 Å². The molecule has 114 valence electrons. The summed E-state index contributed by atoms with van der Waals surface area (Å²) >= 11 is 0. The number of hydrogen-bond acceptors (Lipinski definition) is 4. The average Bonchev–Trinajstić information content (AvgIpc) is 2.33. The summed E-state index contributed by atoms with van der Waals surface area (Å²) in [6.45, 7) is 8.63. The third-order valence-electron chi connectivity index (χ3n) is 3.91. The predicted octanol–water partition coefficient (Wildman–Crippen LogP) is 0.588. The lowest BCUT2D eigenvalue weighted by atomic mass is 10.00. The predicted molar refractivity (Wildman–Crippen MR) is 79.8 cm³/mol. The maximum atomic E-state index is 11.5. The number of sulfonamides is 1. The third-order valence-corrected chi connectivity index (χ3v) is 5.18. The van der Waals surface area contributed by atoms with E-state index in [2.05, 4.69) is 31.1 Å². The largest absolute Gasteiger partial charge is 0.315 e. The molecule has 0 aromatic heterocycles. The van der Waals surface area contributed by atoms with Crippen LogP contribution in [0.15, 0.2) is 0 Å². The van der Waals surface area contributed by atoms with Crippen molar-refractivity contribution in [3.8, 4) is 0 Å². The van der Waals surface area contributed by atoms with Crippen LogP contribution in [0.5, 0.6) is 0 Å². The number of piperidine rings is 1. The Morgan fingerprint density at radius 2 is 2.11 bits per heavy atom. The number of rotatable bonds is 7. The molecule has 1 N–H and O–H groups in total. The smallest absolute Gasteiger partial charge is 0.211 e. The molecule has 0 aliphatic carbocycles. The molecule has 0 bridgehead atoms. The van der Waals surface area contributed by atoms with Crippen LogP contribution in [-0.4, -0.2) is 69.7 Å². The van der Waals surface area contributed by atoms with Crippen molar-refractivity contribution in [3.05, 3.63) is 0 Å². The van der Waals surface area contributed by atoms with E-state index in [0.717, 1.165) is 32.5 Å². The maximum Gasteiger partial charge on any atom is 0.211 e. The molecule has 1 fully saturated rings. The summed E-state index contributed by atoms with van der Waals surface area (Å²) < 4.78 is 24.7. The van der Waals surface area contributed by atoms with Crippen molar-refractivity contribution < 1.29 is 8.42 Å². The van der Waals surface area contributed by atoms with E-state index in [1.54, 1.807) is 4.31 Å². The van der Waals surface area contributed by atoms with E-state index >= 15 is 0 Å². The van der Waals surface area contributed by atoms with Crippen molar-refractivity contribution in [3.63, 3.8) is 0 Å². The fourth-order valence-corrected chi connectivity index (χ4v) is 3.26. The van der Waals surface area contributed by atoms with Crippen molar-refractivity contribution in [1.29, 1.82) is 0 Å². The van der Waals surface area contributed by atoms with E-state index < -0.39 is 10.0 Å². The van der Waals surface area contributed by atoms with Gasteiger partial charge in [0.15, 0.2) is 0 Å². The second-order valence-electron chi connectivity index (χ2n) is 5.91. The molecule has 19 heavy (non-hydrogen) atoms. The van der Waals surface area contributed by atoms with E-state index in [1.807, 2.05) is 0 Å². The highest BCUT2D eigenvalue weighted by Crippen LogP contribution is 2.17. The molecule has 6 heteroatoms. The summed E-state index contributed by atoms with van der Waals surface area (Å²) in [4.78, 5) is 2.30. The highest BCUT2D eigenvalue weighted by molar-refractivity contribution is 7.88. The Bertz CT molecular complexity index is 357. The fraction of sp³-hybridized carbons (Fsp3) is 1.00. The Hall–Kier alpha value is -0.170. The summed E-state index contributed by atoms with van der Waals surface area (Å²) in [6.07, 6.45) is 3.41. The highest BCUT2D eigenvalue weighted by Gasteiger charge is 2.25. The van der Waals surface area contributed by atoms with Crippen molar-refractivity contribution >= 4 is 10.0 Å². The molecule has 0 amide bonds. The molecule has 1 saturated heterocycles. The molecule has 1 aliphatic rings. The normalized spacial score (nSPS) is 22.3. The van der Waals surface area contributed by atoms with Gasteiger partial charge in [0.2, 0.25) is 10.0 Å². The maximum absolute atomic E-state index is 11.5. The zero-order valence-electron chi connectivity index (χ0n) is 12.7. The van der Waals surface area contributed by atoms with Gasteiger partial charge in [-0.15, -0.1) is 0 Å². The standard InChI is InChI=1S/C13H29N3O2S/c1-12(2)15(3)9-7-14-10-13-6-5-8-16(11-13)19(4,17)18/h12-14H,5-11H2,1-4H3. The minimum Gasteiger partial charge on any atom is -0.315 e. The Morgan fingerprint density at radius 3 is 2.68 bits per heavy atom. The Labute approximate surface area is 118 Å². The van der Waals surface area contributed by atoms with Gasteiger partial charge in [0.05, 0.1) is 6.26 Å². The summed E-state index contributed by atoms with van der Waals surface area (Å²) in [7, 11) is -0.893. The van der Waals surface area contributed by atoms with Crippen LogP contribution in [0.2, 0.25) is 0 Å². The van der Waals surface area contributed by atoms with E-state index in [0.29, 0.717) is 25.0 Å². The van der Waals surface area contributed by atoms with Gasteiger partial charge in [-0.3, -0.25) is 0 Å². The van der Waals surface area contributed by atoms with Crippen LogP contribution in [0.3, 0.4) is 0 Å². The van der Waals surface area contributed by atoms with Gasteiger partial charge in [0, 0.05) is 32.2 Å². The van der Waals surface area contributed by atoms with Gasteiger partial charge in [0.1, 0.15) is 0 Å². The lowest BCUT2D eigenvalue weighted by Crippen LogP contribution is -2.43. The van der Waals surface area contributed by atoms with Crippen LogP contribution >= 0.6 is 0 Å². The first-order valence-corrected chi connectivity index (χ1v) is 9.01. The molecule has 0 saturated carbocycles. The van der Waals surface area contributed by atoms with Crippen molar-refractivity contribution in [2.45, 2.75) is 32.7 Å². The lowest BCUT2D eigenvalue weighted by molar-refractivity contribution is 0.247. The van der Waals surface area contributed by atoms with Crippen LogP contribution in [-0.2, 0) is 10.0 Å². The van der Waals surface area contributed by atoms with Crippen LogP contribution in [0.25, 0.3) is 0 Å². The number of nitrogens with zero attached hydrogens (tertiary/aromatic N) is 2. The van der Waals surface area contributed by atoms with Gasteiger partial charge in [-0.05, 0) is 46.2 Å². The van der Waals surface area contributed by atoms with E-state index in [9.17, 15) is 8.42 Å². The summed E-state index contributed by atoms with van der Waals surface area (Å²) in [5.41, 5.74) is 0. The first-order valence-electron chi connectivity index (χ1n) is 7.16. The Morgan fingerprint density at radius 1 is 1.42 bits per heavy atom. The monoisotopic (exact) mass is 291 g/mol. The summed E-state index contributed by atoms with van der Waals surface area (Å²) in [5.74, 6) is 0.452. The zero-order valence-corrected chi connectivity index (χ0v) is 13.5. The van der Waals surface area contributed by atoms with E-state index in [1.165, 1.54) is 6.26 Å². The van der Waals surface area contributed by atoms with E-state index in [4.69, 9.17) is 0 Å². The van der Waals surface area contributed by atoms with Gasteiger partial charge >= 0.3 is 0 Å². The van der Waals surface area contributed by atoms with Gasteiger partial charge in [-0.1, -0.05) is 0 Å². The third kappa shape index (κ3) is 6.21. The molecule has 1 atom stereocenters. The van der Waals surface area contributed by atoms with Crippen LogP contribution in [0, 0.1) is 5.92 Å². The molecular formula is C13H29N3O2S. The van der Waals surface area contributed by atoms with Crippen molar-refractivity contribution in [2.75, 3.05) is 46.0 Å². The minimum atomic E-state index is -3.02. The molecule has 5 nitrogen and oxygen atoms in total. The highest BCUT2D eigenvalue weighted by atomic mass is 32.2. The van der Waals surface area contributed by atoms with Crippen LogP contribution in [0.4, 0.5) is 0 Å². The summed E-state index contributed by atoms with van der Waals surface area (Å²) in [6, 6.07) is 0.567. The molecule has 0 aromatic carbocycles. The second kappa shape index (κ2) is 7.57. The molecule has 1 heterocycles. The molecular weight excluding hydrogens is 262 g/mol. The second-order valence-corrected chi connectivity index (χ2v) is 7.89. The van der Waals surface area contributed by atoms with Crippen molar-refractivity contribution in [1.82, 2.24) is 14.5 Å². The molecule has 0 spiro atoms. The Balaban J connectivity index is 2.23. The number of likely N-dealkylation sites (N-methyl/N-ethyl adjacent to an activating group) is 1. The number of nitrogens with one attached hydrogen (secondary N) is 1. The lowest BCUT2D eigenvalue weighted by Gasteiger charge is -2.31. The minimum absolute atomic E-state index is 0.452. The molecule has 1 unspecified atom stereocenters. The fourth-order valence-electron chi connectivity index (χ4n) is 2.31. The SMILES string of the molecule is CC(C)N(C)CCNCC1CCCN(S(C)(=O)=O)C1. The topological polar surface area (TPSA) is 52.6 Å². The van der Waals surface area contributed by atoms with Gasteiger partial charge in [-0.2, -0.15) is 0 Å². The van der Waals surface area contributed by atoms with Crippen LogP contribution < -0.4 is 5.32 Å². The molecule has 0 aromatic rings. The summed E-state index contributed by atoms with van der Waals surface area (Å²) in [5, 5.41) is 3.45. The number of hydrogen-bond donors (Lipinski definition) is 1. The molecule has 1 rings (SSSR count). The Kier molecular flexibility index (Phi) is 6.73.